The number of pyridine rings is 1. The number of carbonyl (C=O) groups is 3. The minimum atomic E-state index is -1.04. The number of nitrogens with zero attached hydrogens (tertiary/aromatic N) is 1. The number of aromatic nitrogens is 1. The van der Waals surface area contributed by atoms with Gasteiger partial charge in [-0.2, -0.15) is 0 Å². The van der Waals surface area contributed by atoms with Crippen LogP contribution in [0, 0.1) is 0 Å². The average Bonchev–Trinajstić information content (AvgIpc) is 2.94. The summed E-state index contributed by atoms with van der Waals surface area (Å²) in [4.78, 5) is 50.3. The molecule has 20 heavy (non-hydrogen) atoms. The molecule has 1 spiro atoms. The zero-order valence-electron chi connectivity index (χ0n) is 10.4. The maximum Gasteiger partial charge on any atom is 0.322 e. The maximum absolute atomic E-state index is 12.2. The fourth-order valence-electron chi connectivity index (χ4n) is 2.54. The molecule has 104 valence electrons. The number of rotatable bonds is 1. The van der Waals surface area contributed by atoms with Crippen LogP contribution < -0.4 is 16.2 Å². The van der Waals surface area contributed by atoms with Crippen LogP contribution in [-0.4, -0.2) is 46.4 Å². The van der Waals surface area contributed by atoms with Gasteiger partial charge in [0.15, 0.2) is 0 Å². The van der Waals surface area contributed by atoms with Gasteiger partial charge in [-0.1, -0.05) is 6.07 Å². The molecule has 0 bridgehead atoms. The number of hydrogen-bond acceptors (Lipinski definition) is 4. The lowest BCUT2D eigenvalue weighted by molar-refractivity contribution is -0.123. The number of likely N-dealkylation sites (tertiary alicyclic amines) is 1. The second-order valence-corrected chi connectivity index (χ2v) is 4.90. The first-order chi connectivity index (χ1) is 9.50. The molecule has 1 unspecified atom stereocenters. The fraction of sp³-hybridized carbons (Fsp3) is 0.333. The van der Waals surface area contributed by atoms with Gasteiger partial charge in [0.25, 0.3) is 11.8 Å². The number of aromatic amines is 1. The van der Waals surface area contributed by atoms with Gasteiger partial charge in [-0.05, 0) is 12.5 Å². The summed E-state index contributed by atoms with van der Waals surface area (Å²) in [5.74, 6) is -0.784. The Morgan fingerprint density at radius 2 is 2.05 bits per heavy atom. The maximum atomic E-state index is 12.2. The largest absolute Gasteiger partial charge is 0.334 e. The Morgan fingerprint density at radius 3 is 2.70 bits per heavy atom. The molecule has 0 aliphatic carbocycles. The predicted octanol–water partition coefficient (Wildman–Crippen LogP) is -1.20. The first-order valence-electron chi connectivity index (χ1n) is 6.12. The highest BCUT2D eigenvalue weighted by atomic mass is 16.2. The Balaban J connectivity index is 1.81. The molecule has 1 aromatic rings. The summed E-state index contributed by atoms with van der Waals surface area (Å²) in [7, 11) is 0. The van der Waals surface area contributed by atoms with Crippen LogP contribution in [0.15, 0.2) is 23.0 Å². The van der Waals surface area contributed by atoms with Crippen molar-refractivity contribution in [1.29, 1.82) is 0 Å². The molecule has 1 atom stereocenters. The van der Waals surface area contributed by atoms with Crippen LogP contribution in [0.3, 0.4) is 0 Å². The number of nitrogens with one attached hydrogen (secondary N) is 3. The van der Waals surface area contributed by atoms with Crippen LogP contribution in [0.2, 0.25) is 0 Å². The molecule has 1 aromatic heterocycles. The van der Waals surface area contributed by atoms with Crippen molar-refractivity contribution < 1.29 is 14.4 Å². The number of hydrogen-bond donors (Lipinski definition) is 3. The number of amides is 4. The first kappa shape index (κ1) is 12.4. The number of H-pyrrole nitrogens is 1. The molecule has 0 radical (unpaired) electrons. The lowest BCUT2D eigenvalue weighted by Crippen LogP contribution is -2.49. The summed E-state index contributed by atoms with van der Waals surface area (Å²) in [6.45, 7) is 0.434. The van der Waals surface area contributed by atoms with Crippen molar-refractivity contribution in [3.63, 3.8) is 0 Å². The van der Waals surface area contributed by atoms with E-state index in [1.54, 1.807) is 0 Å². The van der Waals surface area contributed by atoms with Gasteiger partial charge in [0, 0.05) is 12.6 Å². The SMILES string of the molecule is O=C1NC(=O)C2(CCN(C(=O)c3cccc(=O)[nH]3)C2)N1. The van der Waals surface area contributed by atoms with E-state index < -0.39 is 17.5 Å². The molecule has 2 fully saturated rings. The molecule has 2 aliphatic heterocycles. The molecule has 0 aromatic carbocycles. The van der Waals surface area contributed by atoms with Gasteiger partial charge in [0.05, 0.1) is 6.54 Å². The molecule has 2 saturated heterocycles. The highest BCUT2D eigenvalue weighted by Crippen LogP contribution is 2.25. The minimum absolute atomic E-state index is 0.0976. The standard InChI is InChI=1S/C12H12N4O4/c17-8-3-1-2-7(13-8)9(18)16-5-4-12(6-16)10(19)14-11(20)15-12/h1-3H,4-6H2,(H,13,17)(H2,14,15,19,20). The second-order valence-electron chi connectivity index (χ2n) is 4.90. The summed E-state index contributed by atoms with van der Waals surface area (Å²) < 4.78 is 0. The first-order valence-corrected chi connectivity index (χ1v) is 6.12. The summed E-state index contributed by atoms with van der Waals surface area (Å²) in [6, 6.07) is 3.76. The van der Waals surface area contributed by atoms with Gasteiger partial charge in [-0.15, -0.1) is 0 Å². The fourth-order valence-corrected chi connectivity index (χ4v) is 2.54. The van der Waals surface area contributed by atoms with E-state index in [0.717, 1.165) is 0 Å². The quantitative estimate of drug-likeness (QED) is 0.559. The molecular weight excluding hydrogens is 264 g/mol. The number of urea groups is 1. The van der Waals surface area contributed by atoms with Gasteiger partial charge in [-0.3, -0.25) is 19.7 Å². The van der Waals surface area contributed by atoms with E-state index in [2.05, 4.69) is 15.6 Å². The Kier molecular flexibility index (Phi) is 2.60. The van der Waals surface area contributed by atoms with E-state index >= 15 is 0 Å². The van der Waals surface area contributed by atoms with Crippen molar-refractivity contribution in [2.45, 2.75) is 12.0 Å². The molecule has 3 N–H and O–H groups in total. The molecule has 8 nitrogen and oxygen atoms in total. The van der Waals surface area contributed by atoms with Crippen LogP contribution in [0.4, 0.5) is 4.79 Å². The van der Waals surface area contributed by atoms with Gasteiger partial charge in [0.1, 0.15) is 11.2 Å². The molecular formula is C12H12N4O4. The Morgan fingerprint density at radius 1 is 1.25 bits per heavy atom. The van der Waals surface area contributed by atoms with Crippen LogP contribution in [0.25, 0.3) is 0 Å². The normalized spacial score (nSPS) is 24.9. The summed E-state index contributed by atoms with van der Waals surface area (Å²) in [5, 5.41) is 4.73. The summed E-state index contributed by atoms with van der Waals surface area (Å²) in [6.07, 6.45) is 0.355. The van der Waals surface area contributed by atoms with Crippen LogP contribution in [0.5, 0.6) is 0 Å². The lowest BCUT2D eigenvalue weighted by Gasteiger charge is -2.20. The van der Waals surface area contributed by atoms with Gasteiger partial charge in [0.2, 0.25) is 5.56 Å². The zero-order chi connectivity index (χ0) is 14.3. The van der Waals surface area contributed by atoms with Crippen molar-refractivity contribution >= 4 is 17.8 Å². The minimum Gasteiger partial charge on any atom is -0.334 e. The Bertz CT molecular complexity index is 667. The highest BCUT2D eigenvalue weighted by molar-refractivity contribution is 6.08. The Hall–Kier alpha value is -2.64. The molecule has 4 amide bonds. The van der Waals surface area contributed by atoms with E-state index in [1.165, 1.54) is 23.1 Å². The van der Waals surface area contributed by atoms with Crippen molar-refractivity contribution in [3.05, 3.63) is 34.2 Å². The highest BCUT2D eigenvalue weighted by Gasteiger charge is 2.51. The lowest BCUT2D eigenvalue weighted by atomic mass is 9.99. The number of imide groups is 1. The van der Waals surface area contributed by atoms with Crippen molar-refractivity contribution in [1.82, 2.24) is 20.5 Å². The predicted molar refractivity (Wildman–Crippen MR) is 67.0 cm³/mol. The Labute approximate surface area is 113 Å². The topological polar surface area (TPSA) is 111 Å². The molecule has 2 aliphatic rings. The smallest absolute Gasteiger partial charge is 0.322 e. The summed E-state index contributed by atoms with van der Waals surface area (Å²) >= 11 is 0. The zero-order valence-corrected chi connectivity index (χ0v) is 10.4. The van der Waals surface area contributed by atoms with Crippen molar-refractivity contribution in [2.24, 2.45) is 0 Å². The van der Waals surface area contributed by atoms with E-state index in [4.69, 9.17) is 0 Å². The molecule has 0 saturated carbocycles. The number of carbonyl (C=O) groups excluding carboxylic acids is 3. The van der Waals surface area contributed by atoms with E-state index in [0.29, 0.717) is 13.0 Å². The third kappa shape index (κ3) is 1.85. The van der Waals surface area contributed by atoms with E-state index in [1.807, 2.05) is 0 Å². The monoisotopic (exact) mass is 276 g/mol. The van der Waals surface area contributed by atoms with Gasteiger partial charge >= 0.3 is 6.03 Å². The molecule has 3 rings (SSSR count). The van der Waals surface area contributed by atoms with E-state index in [-0.39, 0.29) is 23.7 Å². The van der Waals surface area contributed by atoms with Crippen LogP contribution >= 0.6 is 0 Å². The average molecular weight is 276 g/mol. The van der Waals surface area contributed by atoms with Crippen LogP contribution in [0.1, 0.15) is 16.9 Å². The third-order valence-electron chi connectivity index (χ3n) is 3.57. The molecule has 3 heterocycles. The van der Waals surface area contributed by atoms with Crippen molar-refractivity contribution in [3.8, 4) is 0 Å². The third-order valence-corrected chi connectivity index (χ3v) is 3.57. The van der Waals surface area contributed by atoms with Gasteiger partial charge in [-0.25, -0.2) is 4.79 Å². The van der Waals surface area contributed by atoms with Crippen molar-refractivity contribution in [2.75, 3.05) is 13.1 Å². The van der Waals surface area contributed by atoms with Gasteiger partial charge < -0.3 is 15.2 Å². The van der Waals surface area contributed by atoms with E-state index in [9.17, 15) is 19.2 Å². The summed E-state index contributed by atoms with van der Waals surface area (Å²) in [5.41, 5.74) is -1.24. The van der Waals surface area contributed by atoms with Crippen LogP contribution in [-0.2, 0) is 4.79 Å². The molecule has 8 heteroatoms. The second kappa shape index (κ2) is 4.19.